The van der Waals surface area contributed by atoms with Crippen molar-refractivity contribution >= 4 is 17.3 Å². The Balaban J connectivity index is 1.75. The van der Waals surface area contributed by atoms with Gasteiger partial charge in [0.1, 0.15) is 29.7 Å². The molecule has 0 heterocycles. The molecule has 0 atom stereocenters. The quantitative estimate of drug-likeness (QED) is 0.387. The van der Waals surface area contributed by atoms with Crippen LogP contribution in [0.2, 0.25) is 5.02 Å². The summed E-state index contributed by atoms with van der Waals surface area (Å²) in [6.45, 7) is 0.672. The number of benzene rings is 3. The van der Waals surface area contributed by atoms with Crippen LogP contribution in [0.15, 0.2) is 60.7 Å². The monoisotopic (exact) mass is 414 g/mol. The van der Waals surface area contributed by atoms with Crippen LogP contribution in [-0.4, -0.2) is 14.2 Å². The molecule has 0 fully saturated rings. The molecule has 0 aliphatic heterocycles. The number of methoxy groups -OCH3 is 2. The molecule has 0 bridgehead atoms. The lowest BCUT2D eigenvalue weighted by atomic mass is 10.2. The van der Waals surface area contributed by atoms with Gasteiger partial charge in [0.15, 0.2) is 11.5 Å². The molecule has 3 rings (SSSR count). The lowest BCUT2D eigenvalue weighted by molar-refractivity contribution is 0.256. The minimum absolute atomic E-state index is 0.316. The van der Waals surface area contributed by atoms with Crippen LogP contribution in [0.3, 0.4) is 0 Å². The number of hydrazine groups is 1. The average molecular weight is 415 g/mol. The predicted octanol–water partition coefficient (Wildman–Crippen LogP) is 4.80. The van der Waals surface area contributed by atoms with Crippen molar-refractivity contribution in [1.82, 2.24) is 0 Å². The first-order chi connectivity index (χ1) is 14.1. The van der Waals surface area contributed by atoms with Crippen LogP contribution in [-0.2, 0) is 13.2 Å². The van der Waals surface area contributed by atoms with Crippen molar-refractivity contribution in [3.63, 3.8) is 0 Å². The van der Waals surface area contributed by atoms with Gasteiger partial charge in [-0.2, -0.15) is 0 Å². The van der Waals surface area contributed by atoms with Gasteiger partial charge in [-0.05, 0) is 47.5 Å². The maximum atomic E-state index is 6.47. The maximum absolute atomic E-state index is 6.47. The lowest BCUT2D eigenvalue weighted by Crippen LogP contribution is -2.09. The van der Waals surface area contributed by atoms with Gasteiger partial charge in [0, 0.05) is 0 Å². The second-order valence-electron chi connectivity index (χ2n) is 6.17. The van der Waals surface area contributed by atoms with Crippen LogP contribution >= 0.6 is 11.6 Å². The molecule has 0 amide bonds. The Morgan fingerprint density at radius 1 is 0.759 bits per heavy atom. The van der Waals surface area contributed by atoms with Crippen LogP contribution in [0.25, 0.3) is 0 Å². The van der Waals surface area contributed by atoms with Crippen LogP contribution in [0.4, 0.5) is 5.69 Å². The van der Waals surface area contributed by atoms with Gasteiger partial charge in [-0.3, -0.25) is 5.84 Å². The molecular weight excluding hydrogens is 392 g/mol. The Labute approximate surface area is 175 Å². The number of ether oxygens (including phenoxy) is 4. The van der Waals surface area contributed by atoms with Crippen molar-refractivity contribution in [3.05, 3.63) is 76.8 Å². The second-order valence-corrected chi connectivity index (χ2v) is 6.55. The maximum Gasteiger partial charge on any atom is 0.182 e. The Morgan fingerprint density at radius 3 is 1.76 bits per heavy atom. The molecule has 0 spiro atoms. The van der Waals surface area contributed by atoms with Crippen LogP contribution in [0, 0.1) is 0 Å². The summed E-state index contributed by atoms with van der Waals surface area (Å²) in [5.74, 6) is 8.07. The SMILES string of the molecule is COc1ccc(COc2ccc(NN)c(Cl)c2OCc2ccc(OC)cc2)cc1. The third-order valence-electron chi connectivity index (χ3n) is 4.31. The summed E-state index contributed by atoms with van der Waals surface area (Å²) in [6.07, 6.45) is 0. The van der Waals surface area contributed by atoms with E-state index in [9.17, 15) is 0 Å². The fourth-order valence-corrected chi connectivity index (χ4v) is 2.92. The van der Waals surface area contributed by atoms with E-state index in [1.807, 2.05) is 48.5 Å². The number of nitrogen functional groups attached to an aromatic ring is 1. The van der Waals surface area contributed by atoms with Gasteiger partial charge in [0.25, 0.3) is 0 Å². The molecule has 0 aliphatic carbocycles. The highest BCUT2D eigenvalue weighted by atomic mass is 35.5. The molecule has 3 N–H and O–H groups in total. The molecule has 3 aromatic carbocycles. The van der Waals surface area contributed by atoms with E-state index in [1.54, 1.807) is 26.4 Å². The molecular formula is C22H23ClN2O4. The van der Waals surface area contributed by atoms with E-state index in [4.69, 9.17) is 36.4 Å². The van der Waals surface area contributed by atoms with E-state index in [2.05, 4.69) is 5.43 Å². The summed E-state index contributed by atoms with van der Waals surface area (Å²) in [4.78, 5) is 0. The van der Waals surface area contributed by atoms with Crippen molar-refractivity contribution in [3.8, 4) is 23.0 Å². The molecule has 7 heteroatoms. The molecule has 0 aromatic heterocycles. The zero-order valence-corrected chi connectivity index (χ0v) is 17.0. The Morgan fingerprint density at radius 2 is 1.28 bits per heavy atom. The standard InChI is InChI=1S/C22H23ClN2O4/c1-26-17-7-3-15(4-8-17)13-28-20-12-11-19(25-24)21(23)22(20)29-14-16-5-9-18(27-2)10-6-16/h3-12,25H,13-14,24H2,1-2H3. The van der Waals surface area contributed by atoms with E-state index in [1.165, 1.54) is 0 Å². The van der Waals surface area contributed by atoms with Crippen molar-refractivity contribution in [1.29, 1.82) is 0 Å². The van der Waals surface area contributed by atoms with Gasteiger partial charge in [0.2, 0.25) is 0 Å². The molecule has 0 saturated carbocycles. The molecule has 0 aliphatic rings. The third kappa shape index (κ3) is 5.25. The molecule has 0 radical (unpaired) electrons. The first-order valence-corrected chi connectivity index (χ1v) is 9.33. The fraction of sp³-hybridized carbons (Fsp3) is 0.182. The lowest BCUT2D eigenvalue weighted by Gasteiger charge is -2.16. The minimum atomic E-state index is 0.316. The molecule has 152 valence electrons. The number of rotatable bonds is 9. The summed E-state index contributed by atoms with van der Waals surface area (Å²) in [5, 5.41) is 0.355. The highest BCUT2D eigenvalue weighted by Crippen LogP contribution is 2.41. The Kier molecular flexibility index (Phi) is 7.05. The Bertz CT molecular complexity index is 931. The van der Waals surface area contributed by atoms with Crippen molar-refractivity contribution in [2.75, 3.05) is 19.6 Å². The van der Waals surface area contributed by atoms with Crippen LogP contribution < -0.4 is 30.2 Å². The summed E-state index contributed by atoms with van der Waals surface area (Å²) in [5.41, 5.74) is 5.07. The number of hydrogen-bond acceptors (Lipinski definition) is 6. The number of nitrogens with two attached hydrogens (primary N) is 1. The smallest absolute Gasteiger partial charge is 0.182 e. The normalized spacial score (nSPS) is 10.3. The summed E-state index contributed by atoms with van der Waals surface area (Å²) in [6, 6.07) is 18.8. The number of anilines is 1. The van der Waals surface area contributed by atoms with Gasteiger partial charge in [-0.15, -0.1) is 0 Å². The number of nitrogens with one attached hydrogen (secondary N) is 1. The summed E-state index contributed by atoms with van der Waals surface area (Å²) < 4.78 is 22.3. The molecule has 29 heavy (non-hydrogen) atoms. The zero-order valence-electron chi connectivity index (χ0n) is 16.3. The van der Waals surface area contributed by atoms with Gasteiger partial charge in [-0.1, -0.05) is 35.9 Å². The highest BCUT2D eigenvalue weighted by molar-refractivity contribution is 6.35. The van der Waals surface area contributed by atoms with Gasteiger partial charge >= 0.3 is 0 Å². The number of hydrogen-bond donors (Lipinski definition) is 2. The van der Waals surface area contributed by atoms with Gasteiger partial charge in [-0.25, -0.2) is 0 Å². The van der Waals surface area contributed by atoms with Gasteiger partial charge in [0.05, 0.1) is 19.9 Å². The molecule has 0 saturated heterocycles. The zero-order chi connectivity index (χ0) is 20.6. The second kappa shape index (κ2) is 9.91. The van der Waals surface area contributed by atoms with Crippen molar-refractivity contribution in [2.45, 2.75) is 13.2 Å². The molecule has 6 nitrogen and oxygen atoms in total. The first-order valence-electron chi connectivity index (χ1n) is 8.95. The molecule has 3 aromatic rings. The third-order valence-corrected chi connectivity index (χ3v) is 4.69. The van der Waals surface area contributed by atoms with E-state index < -0.39 is 0 Å². The average Bonchev–Trinajstić information content (AvgIpc) is 2.77. The summed E-state index contributed by atoms with van der Waals surface area (Å²) in [7, 11) is 3.26. The fourth-order valence-electron chi connectivity index (χ4n) is 2.66. The minimum Gasteiger partial charge on any atom is -0.497 e. The van der Waals surface area contributed by atoms with Crippen molar-refractivity contribution in [2.24, 2.45) is 5.84 Å². The van der Waals surface area contributed by atoms with E-state index in [-0.39, 0.29) is 0 Å². The first kappa shape index (κ1) is 20.6. The highest BCUT2D eigenvalue weighted by Gasteiger charge is 2.15. The largest absolute Gasteiger partial charge is 0.497 e. The van der Waals surface area contributed by atoms with E-state index in [0.717, 1.165) is 22.6 Å². The van der Waals surface area contributed by atoms with Crippen LogP contribution in [0.5, 0.6) is 23.0 Å². The topological polar surface area (TPSA) is 75.0 Å². The number of halogens is 1. The Hall–Kier alpha value is -3.09. The van der Waals surface area contributed by atoms with E-state index in [0.29, 0.717) is 35.4 Å². The van der Waals surface area contributed by atoms with Gasteiger partial charge < -0.3 is 24.4 Å². The summed E-state index contributed by atoms with van der Waals surface area (Å²) >= 11 is 6.47. The van der Waals surface area contributed by atoms with Crippen LogP contribution in [0.1, 0.15) is 11.1 Å². The van der Waals surface area contributed by atoms with E-state index >= 15 is 0 Å². The predicted molar refractivity (Wildman–Crippen MR) is 114 cm³/mol. The molecule has 0 unspecified atom stereocenters. The van der Waals surface area contributed by atoms with Crippen molar-refractivity contribution < 1.29 is 18.9 Å².